The summed E-state index contributed by atoms with van der Waals surface area (Å²) in [5, 5.41) is 11.2. The van der Waals surface area contributed by atoms with Crippen LogP contribution in [0, 0.1) is 11.3 Å². The van der Waals surface area contributed by atoms with Crippen LogP contribution in [0.2, 0.25) is 0 Å². The fraction of sp³-hybridized carbons (Fsp3) is 0.174. The third-order valence-electron chi connectivity index (χ3n) is 4.69. The van der Waals surface area contributed by atoms with E-state index in [0.29, 0.717) is 5.56 Å². The lowest BCUT2D eigenvalue weighted by Gasteiger charge is -2.18. The molecule has 0 saturated carbocycles. The SMILES string of the molecule is CC(C)(C)c1ccc2c(c1)oc1cc(-c3ccc(C#N)cc3)ccc12. The molecule has 2 heteroatoms. The van der Waals surface area contributed by atoms with Crippen LogP contribution in [0.15, 0.2) is 65.1 Å². The summed E-state index contributed by atoms with van der Waals surface area (Å²) in [6, 6.07) is 22.6. The van der Waals surface area contributed by atoms with Gasteiger partial charge in [-0.1, -0.05) is 51.1 Å². The highest BCUT2D eigenvalue weighted by Gasteiger charge is 2.16. The van der Waals surface area contributed by atoms with E-state index in [9.17, 15) is 0 Å². The Morgan fingerprint density at radius 1 is 0.760 bits per heavy atom. The monoisotopic (exact) mass is 325 g/mol. The summed E-state index contributed by atoms with van der Waals surface area (Å²) >= 11 is 0. The first kappa shape index (κ1) is 15.5. The molecule has 1 aromatic heterocycles. The second-order valence-corrected chi connectivity index (χ2v) is 7.46. The van der Waals surface area contributed by atoms with Gasteiger partial charge in [0.1, 0.15) is 11.2 Å². The van der Waals surface area contributed by atoms with E-state index in [1.54, 1.807) is 0 Å². The Balaban J connectivity index is 1.85. The summed E-state index contributed by atoms with van der Waals surface area (Å²) in [6.45, 7) is 6.62. The van der Waals surface area contributed by atoms with Gasteiger partial charge in [-0.3, -0.25) is 0 Å². The van der Waals surface area contributed by atoms with Gasteiger partial charge in [-0.25, -0.2) is 0 Å². The predicted octanol–water partition coefficient (Wildman–Crippen LogP) is 6.42. The van der Waals surface area contributed by atoms with Crippen molar-refractivity contribution < 1.29 is 4.42 Å². The lowest BCUT2D eigenvalue weighted by atomic mass is 9.87. The van der Waals surface area contributed by atoms with Crippen LogP contribution in [0.1, 0.15) is 31.9 Å². The Labute approximate surface area is 147 Å². The van der Waals surface area contributed by atoms with Gasteiger partial charge in [0, 0.05) is 10.8 Å². The van der Waals surface area contributed by atoms with Gasteiger partial charge in [-0.05, 0) is 52.4 Å². The van der Waals surface area contributed by atoms with E-state index in [2.05, 4.69) is 63.2 Å². The third kappa shape index (κ3) is 2.68. The van der Waals surface area contributed by atoms with Gasteiger partial charge >= 0.3 is 0 Å². The van der Waals surface area contributed by atoms with Crippen LogP contribution in [-0.2, 0) is 5.41 Å². The molecule has 122 valence electrons. The van der Waals surface area contributed by atoms with E-state index in [4.69, 9.17) is 9.68 Å². The lowest BCUT2D eigenvalue weighted by molar-refractivity contribution is 0.587. The molecule has 0 amide bonds. The minimum atomic E-state index is 0.0980. The molecule has 3 aromatic carbocycles. The average molecular weight is 325 g/mol. The maximum Gasteiger partial charge on any atom is 0.136 e. The van der Waals surface area contributed by atoms with Gasteiger partial charge < -0.3 is 4.42 Å². The Bertz CT molecular complexity index is 1120. The first-order valence-electron chi connectivity index (χ1n) is 8.43. The topological polar surface area (TPSA) is 36.9 Å². The van der Waals surface area contributed by atoms with Crippen LogP contribution >= 0.6 is 0 Å². The fourth-order valence-corrected chi connectivity index (χ4v) is 3.16. The Morgan fingerprint density at radius 3 is 2.00 bits per heavy atom. The van der Waals surface area contributed by atoms with Crippen molar-refractivity contribution in [3.63, 3.8) is 0 Å². The number of benzene rings is 3. The van der Waals surface area contributed by atoms with E-state index in [1.807, 2.05) is 24.3 Å². The number of fused-ring (bicyclic) bond motifs is 3. The zero-order valence-corrected chi connectivity index (χ0v) is 14.6. The van der Waals surface area contributed by atoms with Gasteiger partial charge in [0.05, 0.1) is 11.6 Å². The molecule has 0 unspecified atom stereocenters. The van der Waals surface area contributed by atoms with E-state index in [-0.39, 0.29) is 5.41 Å². The third-order valence-corrected chi connectivity index (χ3v) is 4.69. The van der Waals surface area contributed by atoms with E-state index in [1.165, 1.54) is 5.56 Å². The maximum atomic E-state index is 8.94. The number of hydrogen-bond donors (Lipinski definition) is 0. The van der Waals surface area contributed by atoms with Crippen LogP contribution in [0.25, 0.3) is 33.1 Å². The number of hydrogen-bond acceptors (Lipinski definition) is 2. The van der Waals surface area contributed by atoms with Crippen molar-refractivity contribution in [3.8, 4) is 17.2 Å². The van der Waals surface area contributed by atoms with Crippen molar-refractivity contribution in [2.75, 3.05) is 0 Å². The molecule has 0 radical (unpaired) electrons. The van der Waals surface area contributed by atoms with Gasteiger partial charge in [0.15, 0.2) is 0 Å². The molecular formula is C23H19NO. The molecule has 0 saturated heterocycles. The molecule has 0 N–H and O–H groups in total. The van der Waals surface area contributed by atoms with Crippen molar-refractivity contribution >= 4 is 21.9 Å². The quantitative estimate of drug-likeness (QED) is 0.405. The molecular weight excluding hydrogens is 306 g/mol. The molecule has 2 nitrogen and oxygen atoms in total. The van der Waals surface area contributed by atoms with Crippen LogP contribution in [0.3, 0.4) is 0 Å². The minimum absolute atomic E-state index is 0.0980. The average Bonchev–Trinajstić information content (AvgIpc) is 2.98. The second kappa shape index (κ2) is 5.50. The van der Waals surface area contributed by atoms with Crippen molar-refractivity contribution in [2.45, 2.75) is 26.2 Å². The van der Waals surface area contributed by atoms with Gasteiger partial charge in [0.25, 0.3) is 0 Å². The van der Waals surface area contributed by atoms with Crippen molar-refractivity contribution in [1.82, 2.24) is 0 Å². The first-order valence-corrected chi connectivity index (χ1v) is 8.43. The molecule has 0 atom stereocenters. The summed E-state index contributed by atoms with van der Waals surface area (Å²) in [5.41, 5.74) is 6.03. The lowest BCUT2D eigenvalue weighted by Crippen LogP contribution is -2.10. The maximum absolute atomic E-state index is 8.94. The number of furan rings is 1. The van der Waals surface area contributed by atoms with Crippen molar-refractivity contribution in [3.05, 3.63) is 71.8 Å². The molecule has 1 heterocycles. The summed E-state index contributed by atoms with van der Waals surface area (Å²) in [7, 11) is 0. The predicted molar refractivity (Wildman–Crippen MR) is 103 cm³/mol. The highest BCUT2D eigenvalue weighted by molar-refractivity contribution is 6.06. The molecule has 0 aliphatic rings. The highest BCUT2D eigenvalue weighted by Crippen LogP contribution is 2.34. The largest absolute Gasteiger partial charge is 0.456 e. The number of rotatable bonds is 1. The standard InChI is InChI=1S/C23H19NO/c1-23(2,3)18-9-11-20-19-10-8-17(12-21(19)25-22(20)13-18)16-6-4-15(14-24)5-7-16/h4-13H,1-3H3. The zero-order chi connectivity index (χ0) is 17.6. The summed E-state index contributed by atoms with van der Waals surface area (Å²) in [6.07, 6.45) is 0. The second-order valence-electron chi connectivity index (χ2n) is 7.46. The van der Waals surface area contributed by atoms with E-state index in [0.717, 1.165) is 33.1 Å². The molecule has 4 rings (SSSR count). The molecule has 0 spiro atoms. The van der Waals surface area contributed by atoms with Crippen molar-refractivity contribution in [1.29, 1.82) is 5.26 Å². The molecule has 0 aliphatic carbocycles. The smallest absolute Gasteiger partial charge is 0.136 e. The van der Waals surface area contributed by atoms with Crippen LogP contribution in [0.5, 0.6) is 0 Å². The fourth-order valence-electron chi connectivity index (χ4n) is 3.16. The first-order chi connectivity index (χ1) is 12.0. The molecule has 4 aromatic rings. The van der Waals surface area contributed by atoms with Gasteiger partial charge in [0.2, 0.25) is 0 Å². The Hall–Kier alpha value is -3.05. The number of nitriles is 1. The zero-order valence-electron chi connectivity index (χ0n) is 14.6. The highest BCUT2D eigenvalue weighted by atomic mass is 16.3. The molecule has 0 fully saturated rings. The van der Waals surface area contributed by atoms with Crippen LogP contribution < -0.4 is 0 Å². The number of nitrogens with zero attached hydrogens (tertiary/aromatic N) is 1. The molecule has 0 aliphatic heterocycles. The van der Waals surface area contributed by atoms with E-state index >= 15 is 0 Å². The van der Waals surface area contributed by atoms with Gasteiger partial charge in [-0.2, -0.15) is 5.26 Å². The summed E-state index contributed by atoms with van der Waals surface area (Å²) in [4.78, 5) is 0. The minimum Gasteiger partial charge on any atom is -0.456 e. The Kier molecular flexibility index (Phi) is 3.40. The Morgan fingerprint density at radius 2 is 1.36 bits per heavy atom. The summed E-state index contributed by atoms with van der Waals surface area (Å²) in [5.74, 6) is 0. The molecule has 25 heavy (non-hydrogen) atoms. The van der Waals surface area contributed by atoms with Crippen LogP contribution in [0.4, 0.5) is 0 Å². The normalized spacial score (nSPS) is 11.8. The van der Waals surface area contributed by atoms with Gasteiger partial charge in [-0.15, -0.1) is 0 Å². The summed E-state index contributed by atoms with van der Waals surface area (Å²) < 4.78 is 6.14. The van der Waals surface area contributed by atoms with Crippen LogP contribution in [-0.4, -0.2) is 0 Å². The van der Waals surface area contributed by atoms with E-state index < -0.39 is 0 Å². The van der Waals surface area contributed by atoms with Crippen molar-refractivity contribution in [2.24, 2.45) is 0 Å². The molecule has 0 bridgehead atoms.